The van der Waals surface area contributed by atoms with E-state index < -0.39 is 0 Å². The average molecular weight is 115 g/mol. The highest BCUT2D eigenvalue weighted by Gasteiger charge is 1.90. The number of hydrogen-bond donors (Lipinski definition) is 0. The Bertz CT molecular complexity index is 124. The van der Waals surface area contributed by atoms with Crippen LogP contribution in [0.5, 0.6) is 0 Å². The van der Waals surface area contributed by atoms with Crippen molar-refractivity contribution in [1.29, 1.82) is 0 Å². The van der Waals surface area contributed by atoms with Crippen molar-refractivity contribution >= 4 is 11.5 Å². The van der Waals surface area contributed by atoms with Gasteiger partial charge in [-0.2, -0.15) is 0 Å². The van der Waals surface area contributed by atoms with Gasteiger partial charge in [-0.15, -0.1) is 0 Å². The second-order valence-corrected chi connectivity index (χ2v) is 1.89. The smallest absolute Gasteiger partial charge is 0.224 e. The van der Waals surface area contributed by atoms with E-state index in [2.05, 4.69) is 11.3 Å². The van der Waals surface area contributed by atoms with Crippen LogP contribution in [0.3, 0.4) is 0 Å². The molecule has 0 atom stereocenters. The van der Waals surface area contributed by atoms with E-state index in [1.807, 2.05) is 16.4 Å². The predicted molar refractivity (Wildman–Crippen MR) is 28.0 cm³/mol. The number of nitrogens with zero attached hydrogens (tertiary/aromatic N) is 2. The summed E-state index contributed by atoms with van der Waals surface area (Å²) in [7, 11) is 0. The lowest BCUT2D eigenvalue weighted by molar-refractivity contribution is -0.690. The van der Waals surface area contributed by atoms with Crippen LogP contribution in [0.4, 0.5) is 0 Å². The SMILES string of the molecule is CC[n+]1cnsc1. The van der Waals surface area contributed by atoms with Gasteiger partial charge in [0.1, 0.15) is 11.5 Å². The fourth-order valence-electron chi connectivity index (χ4n) is 0.359. The zero-order valence-corrected chi connectivity index (χ0v) is 4.98. The van der Waals surface area contributed by atoms with Crippen LogP contribution in [0.2, 0.25) is 0 Å². The van der Waals surface area contributed by atoms with E-state index in [1.54, 1.807) is 0 Å². The Labute approximate surface area is 46.6 Å². The average Bonchev–Trinajstić information content (AvgIpc) is 2.14. The van der Waals surface area contributed by atoms with Crippen molar-refractivity contribution in [2.45, 2.75) is 13.5 Å². The van der Waals surface area contributed by atoms with Crippen LogP contribution < -0.4 is 4.57 Å². The summed E-state index contributed by atoms with van der Waals surface area (Å²) in [5.74, 6) is 0. The number of rotatable bonds is 1. The lowest BCUT2D eigenvalue weighted by Gasteiger charge is -1.76. The van der Waals surface area contributed by atoms with Gasteiger partial charge < -0.3 is 0 Å². The van der Waals surface area contributed by atoms with Gasteiger partial charge in [0.25, 0.3) is 0 Å². The fraction of sp³-hybridized carbons (Fsp3) is 0.500. The molecule has 0 N–H and O–H groups in total. The molecule has 0 unspecified atom stereocenters. The van der Waals surface area contributed by atoms with Gasteiger partial charge in [-0.05, 0) is 6.92 Å². The standard InChI is InChI=1S/C4H7N2S/c1-2-6-3-5-7-4-6/h3-4H,2H2,1H3/q+1. The molecular weight excluding hydrogens is 108 g/mol. The topological polar surface area (TPSA) is 16.8 Å². The van der Waals surface area contributed by atoms with E-state index in [1.165, 1.54) is 11.5 Å². The van der Waals surface area contributed by atoms with Crippen molar-refractivity contribution in [2.24, 2.45) is 0 Å². The molecule has 0 aliphatic rings. The van der Waals surface area contributed by atoms with Crippen LogP contribution in [-0.4, -0.2) is 4.37 Å². The van der Waals surface area contributed by atoms with E-state index in [9.17, 15) is 0 Å². The van der Waals surface area contributed by atoms with Gasteiger partial charge in [-0.3, -0.25) is 0 Å². The Kier molecular flexibility index (Phi) is 1.36. The molecule has 0 aliphatic heterocycles. The maximum atomic E-state index is 3.90. The second-order valence-electron chi connectivity index (χ2n) is 1.26. The molecule has 0 amide bonds. The molecule has 0 saturated carbocycles. The summed E-state index contributed by atoms with van der Waals surface area (Å²) in [5, 5.41) is 0. The molecular formula is C4H7N2S+. The van der Waals surface area contributed by atoms with Gasteiger partial charge in [0.15, 0.2) is 5.51 Å². The molecule has 1 heterocycles. The highest BCUT2D eigenvalue weighted by atomic mass is 32.1. The summed E-state index contributed by atoms with van der Waals surface area (Å²) in [5.41, 5.74) is 1.99. The third-order valence-corrected chi connectivity index (χ3v) is 1.39. The lowest BCUT2D eigenvalue weighted by Crippen LogP contribution is -2.27. The Morgan fingerprint density at radius 2 is 2.71 bits per heavy atom. The fourth-order valence-corrected chi connectivity index (χ4v) is 0.914. The predicted octanol–water partition coefficient (Wildman–Crippen LogP) is 0.451. The summed E-state index contributed by atoms with van der Waals surface area (Å²) >= 11 is 1.48. The van der Waals surface area contributed by atoms with Crippen molar-refractivity contribution in [3.8, 4) is 0 Å². The molecule has 2 nitrogen and oxygen atoms in total. The number of aromatic nitrogens is 2. The van der Waals surface area contributed by atoms with Crippen LogP contribution in [0, 0.1) is 0 Å². The Hall–Kier alpha value is -0.440. The van der Waals surface area contributed by atoms with Crippen molar-refractivity contribution in [3.05, 3.63) is 11.8 Å². The van der Waals surface area contributed by atoms with Crippen LogP contribution in [0.15, 0.2) is 11.8 Å². The first-order valence-corrected chi connectivity index (χ1v) is 3.05. The zero-order chi connectivity index (χ0) is 5.11. The molecule has 1 aromatic heterocycles. The van der Waals surface area contributed by atoms with Gasteiger partial charge >= 0.3 is 6.33 Å². The normalized spacial score (nSPS) is 9.29. The molecule has 1 rings (SSSR count). The van der Waals surface area contributed by atoms with E-state index in [4.69, 9.17) is 0 Å². The summed E-state index contributed by atoms with van der Waals surface area (Å²) in [6.45, 7) is 3.12. The first-order chi connectivity index (χ1) is 3.43. The third-order valence-electron chi connectivity index (χ3n) is 0.804. The molecule has 0 radical (unpaired) electrons. The molecule has 0 saturated heterocycles. The van der Waals surface area contributed by atoms with Gasteiger partial charge in [0, 0.05) is 4.37 Å². The van der Waals surface area contributed by atoms with Gasteiger partial charge in [-0.1, -0.05) is 0 Å². The summed E-state index contributed by atoms with van der Waals surface area (Å²) < 4.78 is 5.93. The van der Waals surface area contributed by atoms with E-state index in [0.29, 0.717) is 0 Å². The highest BCUT2D eigenvalue weighted by molar-refractivity contribution is 7.02. The van der Waals surface area contributed by atoms with Crippen molar-refractivity contribution in [3.63, 3.8) is 0 Å². The molecule has 0 aromatic carbocycles. The van der Waals surface area contributed by atoms with E-state index in [-0.39, 0.29) is 0 Å². The monoisotopic (exact) mass is 115 g/mol. The molecule has 0 bridgehead atoms. The van der Waals surface area contributed by atoms with Crippen LogP contribution in [0.1, 0.15) is 6.92 Å². The molecule has 3 heteroatoms. The number of aryl methyl sites for hydroxylation is 1. The van der Waals surface area contributed by atoms with Gasteiger partial charge in [0.05, 0.1) is 6.54 Å². The summed E-state index contributed by atoms with van der Waals surface area (Å²) in [4.78, 5) is 0. The van der Waals surface area contributed by atoms with Crippen molar-refractivity contribution in [1.82, 2.24) is 4.37 Å². The van der Waals surface area contributed by atoms with Crippen LogP contribution >= 0.6 is 11.5 Å². The van der Waals surface area contributed by atoms with Crippen LogP contribution in [-0.2, 0) is 6.54 Å². The zero-order valence-electron chi connectivity index (χ0n) is 4.16. The largest absolute Gasteiger partial charge is 0.301 e. The maximum Gasteiger partial charge on any atom is 0.301 e. The van der Waals surface area contributed by atoms with Gasteiger partial charge in [0.2, 0.25) is 0 Å². The van der Waals surface area contributed by atoms with Crippen molar-refractivity contribution < 1.29 is 4.57 Å². The van der Waals surface area contributed by atoms with Gasteiger partial charge in [-0.25, -0.2) is 4.57 Å². The first-order valence-electron chi connectivity index (χ1n) is 2.22. The first kappa shape index (κ1) is 4.71. The highest BCUT2D eigenvalue weighted by Crippen LogP contribution is 1.77. The lowest BCUT2D eigenvalue weighted by atomic mass is 10.7. The molecule has 1 aromatic rings. The minimum atomic E-state index is 1.02. The third kappa shape index (κ3) is 0.962. The molecule has 7 heavy (non-hydrogen) atoms. The molecule has 0 fully saturated rings. The minimum Gasteiger partial charge on any atom is -0.224 e. The minimum absolute atomic E-state index is 1.02. The van der Waals surface area contributed by atoms with E-state index in [0.717, 1.165) is 6.54 Å². The maximum absolute atomic E-state index is 3.90. The molecule has 0 aliphatic carbocycles. The van der Waals surface area contributed by atoms with Crippen LogP contribution in [0.25, 0.3) is 0 Å². The Morgan fingerprint density at radius 1 is 1.86 bits per heavy atom. The quantitative estimate of drug-likeness (QED) is 0.486. The van der Waals surface area contributed by atoms with E-state index >= 15 is 0 Å². The van der Waals surface area contributed by atoms with Crippen molar-refractivity contribution in [2.75, 3.05) is 0 Å². The Morgan fingerprint density at radius 3 is 3.00 bits per heavy atom. The molecule has 38 valence electrons. The Balaban J connectivity index is 2.76. The summed E-state index contributed by atoms with van der Waals surface area (Å²) in [6.07, 6.45) is 1.82. The summed E-state index contributed by atoms with van der Waals surface area (Å²) in [6, 6.07) is 0. The molecule has 0 spiro atoms. The second kappa shape index (κ2) is 2.02. The number of hydrogen-bond acceptors (Lipinski definition) is 2.